The normalized spacial score (nSPS) is 21.8. The minimum absolute atomic E-state index is 0.113. The van der Waals surface area contributed by atoms with Crippen LogP contribution in [0.3, 0.4) is 0 Å². The molecule has 176 valence electrons. The van der Waals surface area contributed by atoms with Crippen LogP contribution in [0.25, 0.3) is 0 Å². The summed E-state index contributed by atoms with van der Waals surface area (Å²) >= 11 is 0. The van der Waals surface area contributed by atoms with Gasteiger partial charge in [0.05, 0.1) is 6.67 Å². The van der Waals surface area contributed by atoms with Crippen LogP contribution in [0.4, 0.5) is 18.9 Å². The molecule has 33 heavy (non-hydrogen) atoms. The Morgan fingerprint density at radius 2 is 1.76 bits per heavy atom. The number of carbonyl (C=O) groups is 1. The van der Waals surface area contributed by atoms with E-state index in [-0.39, 0.29) is 11.7 Å². The molecular formula is C24H27F3N4O2. The minimum atomic E-state index is -4.68. The van der Waals surface area contributed by atoms with Crippen LogP contribution in [-0.2, 0) is 11.3 Å². The number of nitrogens with zero attached hydrogens (tertiary/aromatic N) is 3. The van der Waals surface area contributed by atoms with E-state index < -0.39 is 11.9 Å². The Morgan fingerprint density at radius 3 is 2.45 bits per heavy atom. The number of piperidine rings is 1. The number of hydrogen-bond acceptors (Lipinski definition) is 5. The number of halogens is 3. The molecule has 0 saturated carbocycles. The molecule has 3 aliphatic heterocycles. The number of anilines is 1. The third kappa shape index (κ3) is 4.52. The first-order valence-electron chi connectivity index (χ1n) is 11.2. The van der Waals surface area contributed by atoms with Gasteiger partial charge in [-0.25, -0.2) is 0 Å². The van der Waals surface area contributed by atoms with E-state index in [0.717, 1.165) is 50.3 Å². The summed E-state index contributed by atoms with van der Waals surface area (Å²) in [5.41, 5.74) is 1.38. The maximum atomic E-state index is 12.8. The monoisotopic (exact) mass is 460 g/mol. The van der Waals surface area contributed by atoms with Gasteiger partial charge in [-0.15, -0.1) is 13.2 Å². The molecule has 0 bridgehead atoms. The molecule has 0 aromatic heterocycles. The average molecular weight is 461 g/mol. The van der Waals surface area contributed by atoms with Crippen molar-refractivity contribution in [3.63, 3.8) is 0 Å². The van der Waals surface area contributed by atoms with Crippen LogP contribution in [0.15, 0.2) is 54.6 Å². The quantitative estimate of drug-likeness (QED) is 0.743. The van der Waals surface area contributed by atoms with Crippen molar-refractivity contribution in [2.75, 3.05) is 37.7 Å². The van der Waals surface area contributed by atoms with Gasteiger partial charge in [0.25, 0.3) is 0 Å². The predicted octanol–water partition coefficient (Wildman–Crippen LogP) is 3.20. The van der Waals surface area contributed by atoms with Crippen molar-refractivity contribution in [1.29, 1.82) is 0 Å². The largest absolute Gasteiger partial charge is 0.573 e. The lowest BCUT2D eigenvalue weighted by Crippen LogP contribution is -2.64. The summed E-state index contributed by atoms with van der Waals surface area (Å²) in [5, 5.41) is 3.03. The lowest BCUT2D eigenvalue weighted by molar-refractivity contribution is -0.274. The standard InChI is InChI=1S/C24H27F3N4O2/c25-24(26,27)33-21-8-4-5-18(13-21)14-29-15-20(16-29)30-11-9-23(10-12-30)22(32)28-17-31(23)19-6-2-1-3-7-19/h1-8,13,20H,9-12,14-17H2,(H,28,32). The molecule has 3 heterocycles. The smallest absolute Gasteiger partial charge is 0.406 e. The maximum Gasteiger partial charge on any atom is 0.573 e. The first kappa shape index (κ1) is 22.0. The molecule has 1 N–H and O–H groups in total. The van der Waals surface area contributed by atoms with Crippen LogP contribution < -0.4 is 15.0 Å². The molecule has 5 rings (SSSR count). The highest BCUT2D eigenvalue weighted by Gasteiger charge is 2.51. The molecular weight excluding hydrogens is 433 g/mol. The van der Waals surface area contributed by atoms with Crippen molar-refractivity contribution in [1.82, 2.24) is 15.1 Å². The van der Waals surface area contributed by atoms with Gasteiger partial charge in [-0.2, -0.15) is 0 Å². The van der Waals surface area contributed by atoms with Crippen LogP contribution in [0.2, 0.25) is 0 Å². The first-order valence-corrected chi connectivity index (χ1v) is 11.2. The molecule has 0 unspecified atom stereocenters. The second kappa shape index (κ2) is 8.53. The Balaban J connectivity index is 1.15. The van der Waals surface area contributed by atoms with Gasteiger partial charge in [-0.05, 0) is 42.7 Å². The molecule has 3 saturated heterocycles. The van der Waals surface area contributed by atoms with Gasteiger partial charge in [-0.3, -0.25) is 14.6 Å². The number of benzene rings is 2. The van der Waals surface area contributed by atoms with E-state index >= 15 is 0 Å². The van der Waals surface area contributed by atoms with Crippen LogP contribution in [0, 0.1) is 0 Å². The second-order valence-electron chi connectivity index (χ2n) is 9.04. The fourth-order valence-electron chi connectivity index (χ4n) is 5.29. The highest BCUT2D eigenvalue weighted by molar-refractivity contribution is 5.93. The Morgan fingerprint density at radius 1 is 1.03 bits per heavy atom. The zero-order valence-corrected chi connectivity index (χ0v) is 18.2. The molecule has 3 aliphatic rings. The van der Waals surface area contributed by atoms with Crippen molar-refractivity contribution in [2.45, 2.75) is 37.3 Å². The molecule has 2 aromatic rings. The van der Waals surface area contributed by atoms with Gasteiger partial charge in [0, 0.05) is 44.5 Å². The second-order valence-corrected chi connectivity index (χ2v) is 9.04. The van der Waals surface area contributed by atoms with E-state index in [9.17, 15) is 18.0 Å². The number of alkyl halides is 3. The third-order valence-corrected chi connectivity index (χ3v) is 7.02. The molecule has 3 fully saturated rings. The number of carbonyl (C=O) groups excluding carboxylic acids is 1. The van der Waals surface area contributed by atoms with Crippen molar-refractivity contribution < 1.29 is 22.7 Å². The van der Waals surface area contributed by atoms with Gasteiger partial charge in [0.15, 0.2) is 0 Å². The Kier molecular flexibility index (Phi) is 5.70. The summed E-state index contributed by atoms with van der Waals surface area (Å²) in [7, 11) is 0. The summed E-state index contributed by atoms with van der Waals surface area (Å²) in [6.45, 7) is 4.57. The number of likely N-dealkylation sites (tertiary alicyclic amines) is 2. The summed E-state index contributed by atoms with van der Waals surface area (Å²) in [4.78, 5) is 19.7. The van der Waals surface area contributed by atoms with E-state index in [0.29, 0.717) is 19.3 Å². The SMILES string of the molecule is O=C1NCN(c2ccccc2)C12CCN(C1CN(Cc3cccc(OC(F)(F)F)c3)C1)CC2. The maximum absolute atomic E-state index is 12.8. The van der Waals surface area contributed by atoms with Gasteiger partial charge in [-0.1, -0.05) is 30.3 Å². The number of rotatable bonds is 5. The molecule has 6 nitrogen and oxygen atoms in total. The van der Waals surface area contributed by atoms with E-state index in [2.05, 4.69) is 24.8 Å². The lowest BCUT2D eigenvalue weighted by atomic mass is 9.84. The zero-order valence-electron chi connectivity index (χ0n) is 18.2. The van der Waals surface area contributed by atoms with Crippen molar-refractivity contribution >= 4 is 11.6 Å². The van der Waals surface area contributed by atoms with Crippen molar-refractivity contribution in [3.8, 4) is 5.75 Å². The Bertz CT molecular complexity index is 987. The predicted molar refractivity (Wildman–Crippen MR) is 118 cm³/mol. The molecule has 0 radical (unpaired) electrons. The van der Waals surface area contributed by atoms with Crippen LogP contribution in [0.5, 0.6) is 5.75 Å². The number of amides is 1. The van der Waals surface area contributed by atoms with Gasteiger partial charge < -0.3 is 15.0 Å². The summed E-state index contributed by atoms with van der Waals surface area (Å²) < 4.78 is 41.4. The summed E-state index contributed by atoms with van der Waals surface area (Å²) in [6, 6.07) is 16.6. The lowest BCUT2D eigenvalue weighted by Gasteiger charge is -2.50. The van der Waals surface area contributed by atoms with Crippen LogP contribution in [-0.4, -0.2) is 66.5 Å². The summed E-state index contributed by atoms with van der Waals surface area (Å²) in [6.07, 6.45) is -3.12. The zero-order chi connectivity index (χ0) is 23.1. The Labute approximate surface area is 190 Å². The van der Waals surface area contributed by atoms with E-state index in [1.807, 2.05) is 36.4 Å². The molecule has 9 heteroatoms. The number of ether oxygens (including phenoxy) is 1. The number of nitrogens with one attached hydrogen (secondary N) is 1. The van der Waals surface area contributed by atoms with Crippen molar-refractivity contribution in [3.05, 3.63) is 60.2 Å². The minimum Gasteiger partial charge on any atom is -0.406 e. The Hall–Kier alpha value is -2.78. The fraction of sp³-hybridized carbons (Fsp3) is 0.458. The number of hydrogen-bond donors (Lipinski definition) is 1. The molecule has 1 amide bonds. The van der Waals surface area contributed by atoms with Crippen molar-refractivity contribution in [2.24, 2.45) is 0 Å². The van der Waals surface area contributed by atoms with E-state index in [1.54, 1.807) is 6.07 Å². The third-order valence-electron chi connectivity index (χ3n) is 7.02. The van der Waals surface area contributed by atoms with Gasteiger partial charge in [0.1, 0.15) is 11.3 Å². The molecule has 0 atom stereocenters. The molecule has 0 aliphatic carbocycles. The van der Waals surface area contributed by atoms with Gasteiger partial charge >= 0.3 is 6.36 Å². The highest BCUT2D eigenvalue weighted by Crippen LogP contribution is 2.37. The fourth-order valence-corrected chi connectivity index (χ4v) is 5.29. The highest BCUT2D eigenvalue weighted by atomic mass is 19.4. The first-order chi connectivity index (χ1) is 15.8. The summed E-state index contributed by atoms with van der Waals surface area (Å²) in [5.74, 6) is -0.0709. The van der Waals surface area contributed by atoms with E-state index in [1.165, 1.54) is 12.1 Å². The van der Waals surface area contributed by atoms with Gasteiger partial charge in [0.2, 0.25) is 5.91 Å². The average Bonchev–Trinajstić information content (AvgIpc) is 3.07. The topological polar surface area (TPSA) is 48.1 Å². The molecule has 2 aromatic carbocycles. The number of para-hydroxylation sites is 1. The molecule has 1 spiro atoms. The van der Waals surface area contributed by atoms with E-state index in [4.69, 9.17) is 0 Å². The van der Waals surface area contributed by atoms with Crippen LogP contribution >= 0.6 is 0 Å². The van der Waals surface area contributed by atoms with Crippen LogP contribution in [0.1, 0.15) is 18.4 Å².